The number of hydrogen-bond donors (Lipinski definition) is 0. The highest BCUT2D eigenvalue weighted by Crippen LogP contribution is 2.70. The van der Waals surface area contributed by atoms with Crippen molar-refractivity contribution in [2.24, 2.45) is 41.4 Å². The second-order valence-electron chi connectivity index (χ2n) is 8.58. The minimum absolute atomic E-state index is 0.214. The third kappa shape index (κ3) is 1.85. The van der Waals surface area contributed by atoms with Crippen molar-refractivity contribution in [3.05, 3.63) is 12.2 Å². The molecule has 1 amide bonds. The van der Waals surface area contributed by atoms with E-state index in [4.69, 9.17) is 9.57 Å². The molecule has 130 valence electrons. The average Bonchev–Trinajstić information content (AvgIpc) is 3.34. The number of amides is 1. The van der Waals surface area contributed by atoms with E-state index in [1.807, 2.05) is 0 Å². The Kier molecular flexibility index (Phi) is 3.16. The predicted molar refractivity (Wildman–Crippen MR) is 85.3 cm³/mol. The van der Waals surface area contributed by atoms with Crippen LogP contribution >= 0.6 is 0 Å². The summed E-state index contributed by atoms with van der Waals surface area (Å²) in [6, 6.07) is 0.214. The van der Waals surface area contributed by atoms with Gasteiger partial charge in [0, 0.05) is 11.5 Å². The topological polar surface area (TPSA) is 55.8 Å². The van der Waals surface area contributed by atoms with Gasteiger partial charge in [-0.25, -0.2) is 9.86 Å². The smallest absolute Gasteiger partial charge is 0.333 e. The first-order valence-corrected chi connectivity index (χ1v) is 9.34. The van der Waals surface area contributed by atoms with Crippen LogP contribution in [0.15, 0.2) is 12.2 Å². The van der Waals surface area contributed by atoms with Gasteiger partial charge in [0.2, 0.25) is 0 Å². The second kappa shape index (κ2) is 5.07. The molecule has 0 N–H and O–H groups in total. The molecule has 8 unspecified atom stereocenters. The van der Waals surface area contributed by atoms with Gasteiger partial charge in [0.1, 0.15) is 0 Å². The first kappa shape index (κ1) is 14.9. The van der Waals surface area contributed by atoms with Gasteiger partial charge in [-0.05, 0) is 68.1 Å². The van der Waals surface area contributed by atoms with Gasteiger partial charge in [0.15, 0.2) is 6.61 Å². The van der Waals surface area contributed by atoms with Crippen molar-refractivity contribution in [1.82, 2.24) is 5.06 Å². The molecule has 4 aliphatic carbocycles. The van der Waals surface area contributed by atoms with E-state index in [9.17, 15) is 9.59 Å². The summed E-state index contributed by atoms with van der Waals surface area (Å²) in [5.41, 5.74) is 0.313. The molecule has 0 spiro atoms. The predicted octanol–water partition coefficient (Wildman–Crippen LogP) is 2.18. The number of carbonyl (C=O) groups excluding carboxylic acids is 2. The minimum atomic E-state index is -0.514. The molecule has 4 saturated carbocycles. The third-order valence-corrected chi connectivity index (χ3v) is 7.61. The van der Waals surface area contributed by atoms with E-state index in [2.05, 4.69) is 6.58 Å². The molecule has 5 nitrogen and oxygen atoms in total. The lowest BCUT2D eigenvalue weighted by atomic mass is 9.66. The summed E-state index contributed by atoms with van der Waals surface area (Å²) < 4.78 is 5.03. The van der Waals surface area contributed by atoms with Crippen molar-refractivity contribution in [1.29, 1.82) is 0 Å². The average molecular weight is 331 g/mol. The molecule has 0 aromatic carbocycles. The van der Waals surface area contributed by atoms with Crippen LogP contribution in [0, 0.1) is 41.4 Å². The fraction of sp³-hybridized carbons (Fsp3) is 0.789. The summed E-state index contributed by atoms with van der Waals surface area (Å²) in [4.78, 5) is 29.8. The summed E-state index contributed by atoms with van der Waals surface area (Å²) >= 11 is 0. The highest BCUT2D eigenvalue weighted by atomic mass is 16.7. The number of hydroxylamine groups is 2. The van der Waals surface area contributed by atoms with Crippen LogP contribution in [0.3, 0.4) is 0 Å². The molecule has 8 atom stereocenters. The number of fused-ring (bicyclic) bond motifs is 12. The monoisotopic (exact) mass is 331 g/mol. The highest BCUT2D eigenvalue weighted by molar-refractivity contribution is 5.89. The second-order valence-corrected chi connectivity index (χ2v) is 8.58. The number of rotatable bonds is 3. The standard InChI is InChI=1S/C19H25NO4/c1-9(2)19(22)23-8-15(21)20-18-13-6-12(14(18)7-24-20)16-10-3-4-11(5-10)17(13)16/h10-14,16-18H,1,3-8H2,2H3. The van der Waals surface area contributed by atoms with Gasteiger partial charge >= 0.3 is 5.97 Å². The maximum absolute atomic E-state index is 12.5. The number of ether oxygens (including phenoxy) is 1. The lowest BCUT2D eigenvalue weighted by Crippen LogP contribution is -2.48. The Labute approximate surface area is 142 Å². The summed E-state index contributed by atoms with van der Waals surface area (Å²) in [7, 11) is 0. The quantitative estimate of drug-likeness (QED) is 0.452. The summed E-state index contributed by atoms with van der Waals surface area (Å²) in [5, 5.41) is 1.57. The minimum Gasteiger partial charge on any atom is -0.452 e. The lowest BCUT2D eigenvalue weighted by Gasteiger charge is -2.41. The van der Waals surface area contributed by atoms with Gasteiger partial charge in [0.05, 0.1) is 12.6 Å². The largest absolute Gasteiger partial charge is 0.452 e. The Bertz CT molecular complexity index is 616. The number of hydrogen-bond acceptors (Lipinski definition) is 4. The van der Waals surface area contributed by atoms with Gasteiger partial charge in [-0.15, -0.1) is 0 Å². The zero-order valence-corrected chi connectivity index (χ0v) is 14.1. The van der Waals surface area contributed by atoms with Crippen LogP contribution in [-0.4, -0.2) is 36.2 Å². The van der Waals surface area contributed by atoms with Crippen LogP contribution in [0.4, 0.5) is 0 Å². The van der Waals surface area contributed by atoms with Gasteiger partial charge in [-0.3, -0.25) is 9.63 Å². The van der Waals surface area contributed by atoms with Crippen LogP contribution in [0.5, 0.6) is 0 Å². The van der Waals surface area contributed by atoms with E-state index in [1.165, 1.54) is 25.7 Å². The summed E-state index contributed by atoms with van der Waals surface area (Å²) in [6.07, 6.45) is 5.51. The van der Waals surface area contributed by atoms with Crippen LogP contribution in [0.1, 0.15) is 32.6 Å². The Morgan fingerprint density at radius 2 is 1.83 bits per heavy atom. The zero-order valence-electron chi connectivity index (χ0n) is 14.1. The Morgan fingerprint density at radius 1 is 1.12 bits per heavy atom. The molecule has 5 heteroatoms. The third-order valence-electron chi connectivity index (χ3n) is 7.61. The molecule has 24 heavy (non-hydrogen) atoms. The molecule has 1 aliphatic heterocycles. The maximum Gasteiger partial charge on any atom is 0.333 e. The number of nitrogens with zero attached hydrogens (tertiary/aromatic N) is 1. The van der Waals surface area contributed by atoms with E-state index < -0.39 is 5.97 Å². The number of carbonyl (C=O) groups is 2. The van der Waals surface area contributed by atoms with Crippen molar-refractivity contribution in [3.8, 4) is 0 Å². The molecule has 5 aliphatic rings. The maximum atomic E-state index is 12.5. The molecule has 1 saturated heterocycles. The van der Waals surface area contributed by atoms with Gasteiger partial charge < -0.3 is 4.74 Å². The lowest BCUT2D eigenvalue weighted by molar-refractivity contribution is -0.187. The van der Waals surface area contributed by atoms with E-state index in [-0.39, 0.29) is 18.6 Å². The fourth-order valence-electron chi connectivity index (χ4n) is 7.05. The molecule has 4 bridgehead atoms. The molecule has 5 rings (SSSR count). The Morgan fingerprint density at radius 3 is 2.54 bits per heavy atom. The summed E-state index contributed by atoms with van der Waals surface area (Å²) in [6.45, 7) is 5.54. The van der Waals surface area contributed by atoms with Gasteiger partial charge in [0.25, 0.3) is 5.91 Å². The summed E-state index contributed by atoms with van der Waals surface area (Å²) in [5.74, 6) is 4.65. The van der Waals surface area contributed by atoms with Crippen molar-refractivity contribution in [3.63, 3.8) is 0 Å². The van der Waals surface area contributed by atoms with Crippen LogP contribution in [0.25, 0.3) is 0 Å². The molecule has 1 heterocycles. The van der Waals surface area contributed by atoms with Crippen LogP contribution < -0.4 is 0 Å². The Balaban J connectivity index is 1.31. The van der Waals surface area contributed by atoms with Crippen molar-refractivity contribution < 1.29 is 19.2 Å². The SMILES string of the molecule is C=C(C)C(=O)OCC(=O)N1OCC2C3CC(C4C5CCC(C5)C34)C21. The molecule has 0 radical (unpaired) electrons. The normalized spacial score (nSPS) is 47.0. The number of esters is 1. The van der Waals surface area contributed by atoms with Crippen LogP contribution in [-0.2, 0) is 19.2 Å². The van der Waals surface area contributed by atoms with Crippen LogP contribution in [0.2, 0.25) is 0 Å². The molecule has 5 fully saturated rings. The highest BCUT2D eigenvalue weighted by Gasteiger charge is 2.68. The first-order chi connectivity index (χ1) is 11.6. The van der Waals surface area contributed by atoms with E-state index in [0.29, 0.717) is 24.0 Å². The van der Waals surface area contributed by atoms with E-state index in [0.717, 1.165) is 29.6 Å². The van der Waals surface area contributed by atoms with E-state index >= 15 is 0 Å². The van der Waals surface area contributed by atoms with Crippen molar-refractivity contribution in [2.45, 2.75) is 38.6 Å². The Hall–Kier alpha value is -1.36. The van der Waals surface area contributed by atoms with E-state index in [1.54, 1.807) is 12.0 Å². The van der Waals surface area contributed by atoms with Crippen molar-refractivity contribution >= 4 is 11.9 Å². The molecule has 0 aromatic heterocycles. The first-order valence-electron chi connectivity index (χ1n) is 9.34. The van der Waals surface area contributed by atoms with Gasteiger partial charge in [-0.1, -0.05) is 6.58 Å². The molecular weight excluding hydrogens is 306 g/mol. The van der Waals surface area contributed by atoms with Gasteiger partial charge in [-0.2, -0.15) is 0 Å². The van der Waals surface area contributed by atoms with Crippen molar-refractivity contribution in [2.75, 3.05) is 13.2 Å². The molecular formula is C19H25NO4. The fourth-order valence-corrected chi connectivity index (χ4v) is 7.05. The zero-order chi connectivity index (χ0) is 16.6. The molecule has 0 aromatic rings.